The molecule has 2 rings (SSSR count). The second-order valence-corrected chi connectivity index (χ2v) is 3.79. The maximum Gasteiger partial charge on any atom is 0.354 e. The van der Waals surface area contributed by atoms with Crippen LogP contribution in [-0.2, 0) is 7.05 Å². The predicted molar refractivity (Wildman–Crippen MR) is 61.4 cm³/mol. The Labute approximate surface area is 97.0 Å². The molecule has 0 aliphatic heterocycles. The first-order valence-corrected chi connectivity index (χ1v) is 4.99. The number of benzene rings is 1. The lowest BCUT2D eigenvalue weighted by molar-refractivity contribution is 0.0687. The van der Waals surface area contributed by atoms with Crippen LogP contribution >= 0.6 is 11.6 Å². The van der Waals surface area contributed by atoms with Crippen LogP contribution in [0.5, 0.6) is 5.75 Å². The Bertz CT molecular complexity index is 574. The highest BCUT2D eigenvalue weighted by Crippen LogP contribution is 2.32. The van der Waals surface area contributed by atoms with E-state index in [0.29, 0.717) is 11.1 Å². The normalized spacial score (nSPS) is 10.7. The third-order valence-electron chi connectivity index (χ3n) is 2.55. The van der Waals surface area contributed by atoms with Gasteiger partial charge in [0.25, 0.3) is 0 Å². The molecule has 0 fully saturated rings. The van der Waals surface area contributed by atoms with Gasteiger partial charge in [0.15, 0.2) is 0 Å². The fraction of sp³-hybridized carbons (Fsp3) is 0.182. The van der Waals surface area contributed by atoms with E-state index in [0.717, 1.165) is 5.52 Å². The van der Waals surface area contributed by atoms with Crippen LogP contribution in [0.2, 0.25) is 5.02 Å². The zero-order valence-electron chi connectivity index (χ0n) is 8.82. The van der Waals surface area contributed by atoms with E-state index in [4.69, 9.17) is 21.4 Å². The largest absolute Gasteiger partial charge is 0.497 e. The standard InChI is InChI=1S/C11H10ClNO3/c1-13-8-5-6(16-2)3-4-7(8)9(12)10(13)11(14)15/h3-5H,1-2H3,(H,14,15). The van der Waals surface area contributed by atoms with Gasteiger partial charge in [0, 0.05) is 18.5 Å². The zero-order valence-corrected chi connectivity index (χ0v) is 9.58. The van der Waals surface area contributed by atoms with Crippen LogP contribution < -0.4 is 4.74 Å². The summed E-state index contributed by atoms with van der Waals surface area (Å²) in [4.78, 5) is 11.0. The second kappa shape index (κ2) is 3.72. The summed E-state index contributed by atoms with van der Waals surface area (Å²) in [7, 11) is 3.22. The minimum atomic E-state index is -1.04. The summed E-state index contributed by atoms with van der Waals surface area (Å²) >= 11 is 6.01. The van der Waals surface area contributed by atoms with Crippen LogP contribution in [0.25, 0.3) is 10.9 Å². The van der Waals surface area contributed by atoms with Crippen molar-refractivity contribution in [3.8, 4) is 5.75 Å². The predicted octanol–water partition coefficient (Wildman–Crippen LogP) is 2.54. The third-order valence-corrected chi connectivity index (χ3v) is 2.93. The van der Waals surface area contributed by atoms with Gasteiger partial charge in [0.2, 0.25) is 0 Å². The molecular weight excluding hydrogens is 230 g/mol. The average Bonchev–Trinajstić information content (AvgIpc) is 2.51. The number of methoxy groups -OCH3 is 1. The van der Waals surface area contributed by atoms with Crippen molar-refractivity contribution in [2.24, 2.45) is 7.05 Å². The molecule has 0 atom stereocenters. The first-order chi connectivity index (χ1) is 7.56. The fourth-order valence-corrected chi connectivity index (χ4v) is 2.10. The van der Waals surface area contributed by atoms with Gasteiger partial charge in [-0.05, 0) is 12.1 Å². The molecule has 0 aliphatic carbocycles. The van der Waals surface area contributed by atoms with Crippen molar-refractivity contribution in [2.75, 3.05) is 7.11 Å². The minimum absolute atomic E-state index is 0.0879. The number of fused-ring (bicyclic) bond motifs is 1. The van der Waals surface area contributed by atoms with Gasteiger partial charge in [0.05, 0.1) is 17.6 Å². The number of ether oxygens (including phenoxy) is 1. The molecule has 0 spiro atoms. The Morgan fingerprint density at radius 1 is 1.50 bits per heavy atom. The number of aromatic nitrogens is 1. The van der Waals surface area contributed by atoms with Crippen LogP contribution in [0.15, 0.2) is 18.2 Å². The van der Waals surface area contributed by atoms with Crippen molar-refractivity contribution in [3.05, 3.63) is 28.9 Å². The number of nitrogens with zero attached hydrogens (tertiary/aromatic N) is 1. The van der Waals surface area contributed by atoms with Gasteiger partial charge in [-0.3, -0.25) is 0 Å². The van der Waals surface area contributed by atoms with Gasteiger partial charge in [-0.15, -0.1) is 0 Å². The molecule has 1 aromatic carbocycles. The Kier molecular flexibility index (Phi) is 2.52. The lowest BCUT2D eigenvalue weighted by atomic mass is 10.2. The number of rotatable bonds is 2. The Hall–Kier alpha value is -1.68. The summed E-state index contributed by atoms with van der Waals surface area (Å²) in [5.41, 5.74) is 0.826. The summed E-state index contributed by atoms with van der Waals surface area (Å²) in [5, 5.41) is 10.0. The molecule has 16 heavy (non-hydrogen) atoms. The molecule has 0 unspecified atom stereocenters. The molecule has 0 bridgehead atoms. The van der Waals surface area contributed by atoms with Crippen LogP contribution in [0, 0.1) is 0 Å². The molecule has 0 radical (unpaired) electrons. The van der Waals surface area contributed by atoms with Crippen molar-refractivity contribution in [2.45, 2.75) is 0 Å². The number of aromatic carboxylic acids is 1. The molecule has 4 nitrogen and oxygen atoms in total. The van der Waals surface area contributed by atoms with Crippen molar-refractivity contribution < 1.29 is 14.6 Å². The molecule has 1 heterocycles. The Morgan fingerprint density at radius 3 is 2.75 bits per heavy atom. The van der Waals surface area contributed by atoms with E-state index in [-0.39, 0.29) is 10.7 Å². The van der Waals surface area contributed by atoms with Crippen LogP contribution in [0.4, 0.5) is 0 Å². The topological polar surface area (TPSA) is 51.5 Å². The zero-order chi connectivity index (χ0) is 11.9. The van der Waals surface area contributed by atoms with E-state index < -0.39 is 5.97 Å². The monoisotopic (exact) mass is 239 g/mol. The number of carbonyl (C=O) groups is 1. The summed E-state index contributed by atoms with van der Waals surface area (Å²) in [6.07, 6.45) is 0. The molecule has 0 saturated heterocycles. The highest BCUT2D eigenvalue weighted by molar-refractivity contribution is 6.38. The molecule has 84 valence electrons. The highest BCUT2D eigenvalue weighted by atomic mass is 35.5. The van der Waals surface area contributed by atoms with Gasteiger partial charge in [-0.2, -0.15) is 0 Å². The van der Waals surface area contributed by atoms with Gasteiger partial charge < -0.3 is 14.4 Å². The van der Waals surface area contributed by atoms with E-state index in [1.165, 1.54) is 0 Å². The second-order valence-electron chi connectivity index (χ2n) is 3.41. The van der Waals surface area contributed by atoms with Crippen molar-refractivity contribution >= 4 is 28.5 Å². The van der Waals surface area contributed by atoms with Crippen LogP contribution in [0.3, 0.4) is 0 Å². The third kappa shape index (κ3) is 1.42. The van der Waals surface area contributed by atoms with E-state index in [2.05, 4.69) is 0 Å². The quantitative estimate of drug-likeness (QED) is 0.876. The van der Waals surface area contributed by atoms with Gasteiger partial charge >= 0.3 is 5.97 Å². The van der Waals surface area contributed by atoms with Crippen molar-refractivity contribution in [1.82, 2.24) is 4.57 Å². The average molecular weight is 240 g/mol. The number of aryl methyl sites for hydroxylation is 1. The molecule has 5 heteroatoms. The summed E-state index contributed by atoms with van der Waals surface area (Å²) in [6, 6.07) is 5.26. The minimum Gasteiger partial charge on any atom is -0.497 e. The lowest BCUT2D eigenvalue weighted by Crippen LogP contribution is -2.04. The first kappa shape index (κ1) is 10.8. The number of carboxylic acid groups (broad SMARTS) is 1. The molecule has 2 aromatic rings. The Balaban J connectivity index is 2.83. The van der Waals surface area contributed by atoms with Gasteiger partial charge in [-0.25, -0.2) is 4.79 Å². The van der Waals surface area contributed by atoms with Crippen molar-refractivity contribution in [3.63, 3.8) is 0 Å². The fourth-order valence-electron chi connectivity index (χ4n) is 1.73. The number of hydrogen-bond acceptors (Lipinski definition) is 2. The van der Waals surface area contributed by atoms with E-state index >= 15 is 0 Å². The highest BCUT2D eigenvalue weighted by Gasteiger charge is 2.19. The number of hydrogen-bond donors (Lipinski definition) is 1. The summed E-state index contributed by atoms with van der Waals surface area (Å²) in [5.74, 6) is -0.371. The van der Waals surface area contributed by atoms with E-state index in [1.807, 2.05) is 0 Å². The molecule has 0 amide bonds. The Morgan fingerprint density at radius 2 is 2.19 bits per heavy atom. The van der Waals surface area contributed by atoms with Gasteiger partial charge in [0.1, 0.15) is 11.4 Å². The van der Waals surface area contributed by atoms with Crippen molar-refractivity contribution in [1.29, 1.82) is 0 Å². The smallest absolute Gasteiger partial charge is 0.354 e. The number of carboxylic acids is 1. The molecule has 0 saturated carbocycles. The maximum absolute atomic E-state index is 11.0. The van der Waals surface area contributed by atoms with Crippen LogP contribution in [0.1, 0.15) is 10.5 Å². The lowest BCUT2D eigenvalue weighted by Gasteiger charge is -2.01. The SMILES string of the molecule is COc1ccc2c(Cl)c(C(=O)O)n(C)c2c1. The van der Waals surface area contributed by atoms with Crippen LogP contribution in [-0.4, -0.2) is 22.8 Å². The number of halogens is 1. The van der Waals surface area contributed by atoms with Gasteiger partial charge in [-0.1, -0.05) is 11.6 Å². The molecular formula is C11H10ClNO3. The van der Waals surface area contributed by atoms with E-state index in [1.54, 1.807) is 36.9 Å². The first-order valence-electron chi connectivity index (χ1n) is 4.61. The molecule has 1 N–H and O–H groups in total. The summed E-state index contributed by atoms with van der Waals surface area (Å²) < 4.78 is 6.63. The maximum atomic E-state index is 11.0. The van der Waals surface area contributed by atoms with E-state index in [9.17, 15) is 4.79 Å². The molecule has 1 aromatic heterocycles. The molecule has 0 aliphatic rings. The summed E-state index contributed by atoms with van der Waals surface area (Å²) in [6.45, 7) is 0.